The van der Waals surface area contributed by atoms with Gasteiger partial charge in [-0.15, -0.1) is 12.4 Å². The summed E-state index contributed by atoms with van der Waals surface area (Å²) in [5.41, 5.74) is 6.91. The molecular weight excluding hydrogens is 470 g/mol. The number of halogens is 1. The van der Waals surface area contributed by atoms with E-state index in [4.69, 9.17) is 5.73 Å². The van der Waals surface area contributed by atoms with Crippen LogP contribution in [0.2, 0.25) is 0 Å². The summed E-state index contributed by atoms with van der Waals surface area (Å²) in [7, 11) is -3.57. The molecule has 0 bridgehead atoms. The van der Waals surface area contributed by atoms with Crippen LogP contribution >= 0.6 is 12.4 Å². The predicted molar refractivity (Wildman–Crippen MR) is 140 cm³/mol. The molecular formula is C25H28ClN5O2S. The number of hydrogen-bond acceptors (Lipinski definition) is 6. The monoisotopic (exact) mass is 497 g/mol. The van der Waals surface area contributed by atoms with Crippen molar-refractivity contribution in [3.63, 3.8) is 0 Å². The van der Waals surface area contributed by atoms with Crippen LogP contribution in [0.5, 0.6) is 0 Å². The van der Waals surface area contributed by atoms with Crippen molar-refractivity contribution in [1.82, 2.24) is 14.7 Å². The van der Waals surface area contributed by atoms with Gasteiger partial charge in [-0.1, -0.05) is 48.5 Å². The number of aromatic nitrogens is 2. The zero-order valence-corrected chi connectivity index (χ0v) is 20.3. The van der Waals surface area contributed by atoms with Crippen LogP contribution in [-0.4, -0.2) is 31.0 Å². The van der Waals surface area contributed by atoms with E-state index in [1.165, 1.54) is 0 Å². The van der Waals surface area contributed by atoms with Crippen LogP contribution in [0.25, 0.3) is 21.7 Å². The fraction of sp³-hybridized carbons (Fsp3) is 0.280. The molecule has 178 valence electrons. The van der Waals surface area contributed by atoms with E-state index in [1.807, 2.05) is 54.6 Å². The highest BCUT2D eigenvalue weighted by Gasteiger charge is 2.24. The van der Waals surface area contributed by atoms with Crippen molar-refractivity contribution in [3.05, 3.63) is 66.7 Å². The summed E-state index contributed by atoms with van der Waals surface area (Å²) in [5, 5.41) is 5.93. The Hall–Kier alpha value is -2.94. The van der Waals surface area contributed by atoms with Gasteiger partial charge in [-0.3, -0.25) is 0 Å². The Bertz CT molecular complexity index is 1400. The van der Waals surface area contributed by atoms with Crippen molar-refractivity contribution in [2.24, 2.45) is 5.92 Å². The van der Waals surface area contributed by atoms with Crippen molar-refractivity contribution >= 4 is 55.9 Å². The lowest BCUT2D eigenvalue weighted by Gasteiger charge is -2.29. The lowest BCUT2D eigenvalue weighted by atomic mass is 9.86. The first-order valence-electron chi connectivity index (χ1n) is 11.3. The van der Waals surface area contributed by atoms with E-state index in [9.17, 15) is 8.42 Å². The average molecular weight is 498 g/mol. The molecule has 0 atom stereocenters. The molecule has 1 aliphatic carbocycles. The number of nitrogens with one attached hydrogen (secondary N) is 2. The molecule has 0 unspecified atom stereocenters. The number of sulfonamides is 1. The van der Waals surface area contributed by atoms with Gasteiger partial charge in [-0.25, -0.2) is 18.1 Å². The topological polar surface area (TPSA) is 110 Å². The molecule has 0 spiro atoms. The van der Waals surface area contributed by atoms with Gasteiger partial charge in [0.2, 0.25) is 16.0 Å². The smallest absolute Gasteiger partial charge is 0.241 e. The second-order valence-corrected chi connectivity index (χ2v) is 10.4. The molecule has 4 N–H and O–H groups in total. The molecule has 1 fully saturated rings. The zero-order chi connectivity index (χ0) is 22.8. The number of nitrogen functional groups attached to an aromatic ring is 1. The van der Waals surface area contributed by atoms with Gasteiger partial charge in [-0.05, 0) is 55.2 Å². The van der Waals surface area contributed by atoms with Gasteiger partial charge < -0.3 is 11.1 Å². The van der Waals surface area contributed by atoms with Crippen LogP contribution < -0.4 is 15.8 Å². The maximum Gasteiger partial charge on any atom is 0.241 e. The highest BCUT2D eigenvalue weighted by Crippen LogP contribution is 2.28. The minimum Gasteiger partial charge on any atom is -0.383 e. The summed E-state index contributed by atoms with van der Waals surface area (Å²) in [4.78, 5) is 9.32. The number of rotatable bonds is 6. The van der Waals surface area contributed by atoms with Gasteiger partial charge in [0.1, 0.15) is 5.82 Å². The lowest BCUT2D eigenvalue weighted by molar-refractivity contribution is 0.336. The minimum absolute atomic E-state index is 0. The van der Waals surface area contributed by atoms with Crippen LogP contribution in [0, 0.1) is 5.92 Å². The summed E-state index contributed by atoms with van der Waals surface area (Å²) in [6.07, 6.45) is 3.71. The molecule has 1 heterocycles. The fourth-order valence-electron chi connectivity index (χ4n) is 4.59. The number of hydrogen-bond donors (Lipinski definition) is 3. The molecule has 3 aromatic carbocycles. The van der Waals surface area contributed by atoms with Gasteiger partial charge in [0.05, 0.1) is 10.4 Å². The quantitative estimate of drug-likeness (QED) is 0.355. The zero-order valence-electron chi connectivity index (χ0n) is 18.6. The Morgan fingerprint density at radius 2 is 1.53 bits per heavy atom. The molecule has 9 heteroatoms. The van der Waals surface area contributed by atoms with Gasteiger partial charge in [0, 0.05) is 23.4 Å². The van der Waals surface area contributed by atoms with E-state index >= 15 is 0 Å². The fourth-order valence-corrected chi connectivity index (χ4v) is 5.94. The van der Waals surface area contributed by atoms with Crippen molar-refractivity contribution in [1.29, 1.82) is 0 Å². The van der Waals surface area contributed by atoms with Crippen LogP contribution in [0.1, 0.15) is 25.7 Å². The van der Waals surface area contributed by atoms with E-state index < -0.39 is 10.0 Å². The molecule has 1 aliphatic rings. The van der Waals surface area contributed by atoms with Crippen molar-refractivity contribution in [2.45, 2.75) is 36.6 Å². The number of para-hydroxylation sites is 1. The predicted octanol–water partition coefficient (Wildman–Crippen LogP) is 4.74. The van der Waals surface area contributed by atoms with Crippen molar-refractivity contribution in [3.8, 4) is 0 Å². The summed E-state index contributed by atoms with van der Waals surface area (Å²) < 4.78 is 28.8. The molecule has 5 rings (SSSR count). The van der Waals surface area contributed by atoms with Crippen molar-refractivity contribution < 1.29 is 8.42 Å². The molecule has 0 saturated heterocycles. The molecule has 0 radical (unpaired) electrons. The normalized spacial score (nSPS) is 18.5. The van der Waals surface area contributed by atoms with E-state index in [0.29, 0.717) is 29.1 Å². The third-order valence-electron chi connectivity index (χ3n) is 6.41. The van der Waals surface area contributed by atoms with Gasteiger partial charge in [0.15, 0.2) is 0 Å². The summed E-state index contributed by atoms with van der Waals surface area (Å²) in [5.74, 6) is 1.32. The summed E-state index contributed by atoms with van der Waals surface area (Å²) in [6.45, 7) is 0.442. The number of fused-ring (bicyclic) bond motifs is 2. The second-order valence-electron chi connectivity index (χ2n) is 8.64. The standard InChI is InChI=1S/C25H27N5O2S.ClH/c26-24-21-9-3-4-10-22(21)29-25(30-24)28-19-14-12-17(13-15-19)16-27-33(31,32)23-11-5-7-18-6-1-2-8-20(18)23;/h1-11,17,19,27H,12-16H2,(H3,26,28,29,30);1H. The van der Waals surface area contributed by atoms with Crippen LogP contribution in [0.15, 0.2) is 71.6 Å². The third kappa shape index (κ3) is 5.09. The van der Waals surface area contributed by atoms with Crippen LogP contribution in [-0.2, 0) is 10.0 Å². The van der Waals surface area contributed by atoms with Crippen molar-refractivity contribution in [2.75, 3.05) is 17.6 Å². The number of nitrogens with zero attached hydrogens (tertiary/aromatic N) is 2. The molecule has 1 aromatic heterocycles. The van der Waals surface area contributed by atoms with Crippen LogP contribution in [0.3, 0.4) is 0 Å². The third-order valence-corrected chi connectivity index (χ3v) is 7.90. The number of nitrogens with two attached hydrogens (primary N) is 1. The Kier molecular flexibility index (Phi) is 7.21. The van der Waals surface area contributed by atoms with Gasteiger partial charge >= 0.3 is 0 Å². The van der Waals surface area contributed by atoms with E-state index in [-0.39, 0.29) is 18.4 Å². The highest BCUT2D eigenvalue weighted by molar-refractivity contribution is 7.89. The summed E-state index contributed by atoms with van der Waals surface area (Å²) >= 11 is 0. The first-order valence-corrected chi connectivity index (χ1v) is 12.7. The largest absolute Gasteiger partial charge is 0.383 e. The Balaban J connectivity index is 0.00000274. The van der Waals surface area contributed by atoms with Crippen LogP contribution in [0.4, 0.5) is 11.8 Å². The highest BCUT2D eigenvalue weighted by atomic mass is 35.5. The number of benzene rings is 3. The molecule has 0 amide bonds. The van der Waals surface area contributed by atoms with E-state index in [1.54, 1.807) is 12.1 Å². The first-order chi connectivity index (χ1) is 16.0. The van der Waals surface area contributed by atoms with E-state index in [0.717, 1.165) is 47.4 Å². The first kappa shape index (κ1) is 24.2. The summed E-state index contributed by atoms with van der Waals surface area (Å²) in [6, 6.07) is 20.9. The molecule has 0 aliphatic heterocycles. The Morgan fingerprint density at radius 1 is 0.853 bits per heavy atom. The Labute approximate surface area is 205 Å². The average Bonchev–Trinajstić information content (AvgIpc) is 2.83. The minimum atomic E-state index is -3.57. The number of anilines is 2. The molecule has 4 aromatic rings. The maximum absolute atomic E-state index is 13.0. The Morgan fingerprint density at radius 3 is 2.32 bits per heavy atom. The molecule has 1 saturated carbocycles. The molecule has 7 nitrogen and oxygen atoms in total. The maximum atomic E-state index is 13.0. The SMILES string of the molecule is Cl.Nc1nc(NC2CCC(CNS(=O)(=O)c3cccc4ccccc34)CC2)nc2ccccc12. The van der Waals surface area contributed by atoms with Gasteiger partial charge in [-0.2, -0.15) is 4.98 Å². The van der Waals surface area contributed by atoms with Gasteiger partial charge in [0.25, 0.3) is 0 Å². The second kappa shape index (κ2) is 10.1. The molecule has 34 heavy (non-hydrogen) atoms. The van der Waals surface area contributed by atoms with E-state index in [2.05, 4.69) is 20.0 Å². The lowest BCUT2D eigenvalue weighted by Crippen LogP contribution is -2.34.